The zero-order valence-electron chi connectivity index (χ0n) is 14.6. The largest absolute Gasteiger partial charge is 0.299 e. The Morgan fingerprint density at radius 3 is 2.36 bits per heavy atom. The summed E-state index contributed by atoms with van der Waals surface area (Å²) in [5, 5.41) is 0. The third-order valence-corrected chi connectivity index (χ3v) is 6.17. The molecule has 0 atom stereocenters. The van der Waals surface area contributed by atoms with Gasteiger partial charge in [-0.3, -0.25) is 4.90 Å². The number of halogens is 1. The van der Waals surface area contributed by atoms with Crippen molar-refractivity contribution in [1.29, 1.82) is 0 Å². The molecule has 2 heterocycles. The van der Waals surface area contributed by atoms with Crippen molar-refractivity contribution in [2.24, 2.45) is 0 Å². The van der Waals surface area contributed by atoms with Crippen molar-refractivity contribution in [3.05, 3.63) is 71.3 Å². The molecule has 0 aliphatic carbocycles. The summed E-state index contributed by atoms with van der Waals surface area (Å²) < 4.78 is 0. The summed E-state index contributed by atoms with van der Waals surface area (Å²) in [6.45, 7) is 3.67. The third kappa shape index (κ3) is 4.31. The molecule has 0 amide bonds. The van der Waals surface area contributed by atoms with E-state index in [0.717, 1.165) is 6.54 Å². The first-order chi connectivity index (χ1) is 11.9. The Bertz CT molecular complexity index is 720. The van der Waals surface area contributed by atoms with Crippen molar-refractivity contribution in [3.63, 3.8) is 0 Å². The van der Waals surface area contributed by atoms with E-state index in [-0.39, 0.29) is 12.4 Å². The van der Waals surface area contributed by atoms with Crippen molar-refractivity contribution in [2.45, 2.75) is 30.6 Å². The summed E-state index contributed by atoms with van der Waals surface area (Å²) >= 11 is 2.01. The first-order valence-corrected chi connectivity index (χ1v) is 10.1. The van der Waals surface area contributed by atoms with Gasteiger partial charge in [0.05, 0.1) is 0 Å². The molecule has 2 aliphatic rings. The Labute approximate surface area is 161 Å². The zero-order valence-corrected chi connectivity index (χ0v) is 16.2. The number of nitrogens with zero attached hydrogens (tertiary/aromatic N) is 1. The van der Waals surface area contributed by atoms with Crippen molar-refractivity contribution in [2.75, 3.05) is 25.4 Å². The minimum atomic E-state index is 0. The number of hydrogen-bond donors (Lipinski definition) is 0. The molecule has 2 aliphatic heterocycles. The number of thioether (sulfide) groups is 1. The van der Waals surface area contributed by atoms with E-state index >= 15 is 0 Å². The highest BCUT2D eigenvalue weighted by Crippen LogP contribution is 2.39. The first-order valence-electron chi connectivity index (χ1n) is 9.14. The van der Waals surface area contributed by atoms with Gasteiger partial charge in [0, 0.05) is 17.2 Å². The predicted molar refractivity (Wildman–Crippen MR) is 112 cm³/mol. The van der Waals surface area contributed by atoms with Gasteiger partial charge in [-0.15, -0.1) is 24.2 Å². The molecular formula is C22H26ClNS. The van der Waals surface area contributed by atoms with E-state index in [0.29, 0.717) is 0 Å². The number of hydrogen-bond acceptors (Lipinski definition) is 2. The van der Waals surface area contributed by atoms with Gasteiger partial charge < -0.3 is 0 Å². The van der Waals surface area contributed by atoms with Crippen molar-refractivity contribution < 1.29 is 0 Å². The Morgan fingerprint density at radius 2 is 1.56 bits per heavy atom. The van der Waals surface area contributed by atoms with Gasteiger partial charge in [-0.1, -0.05) is 55.0 Å². The van der Waals surface area contributed by atoms with Gasteiger partial charge in [0.25, 0.3) is 0 Å². The summed E-state index contributed by atoms with van der Waals surface area (Å²) in [4.78, 5) is 4.10. The summed E-state index contributed by atoms with van der Waals surface area (Å²) in [6, 6.07) is 20.0. The molecule has 2 aromatic rings. The average molecular weight is 372 g/mol. The number of rotatable bonds is 3. The first kappa shape index (κ1) is 18.6. The number of benzene rings is 2. The van der Waals surface area contributed by atoms with E-state index in [4.69, 9.17) is 0 Å². The van der Waals surface area contributed by atoms with Gasteiger partial charge in [-0.25, -0.2) is 0 Å². The van der Waals surface area contributed by atoms with Gasteiger partial charge in [-0.2, -0.15) is 0 Å². The fraction of sp³-hybridized carbons (Fsp3) is 0.364. The van der Waals surface area contributed by atoms with E-state index in [1.165, 1.54) is 66.1 Å². The van der Waals surface area contributed by atoms with E-state index in [2.05, 4.69) is 59.5 Å². The van der Waals surface area contributed by atoms with Crippen LogP contribution in [0.15, 0.2) is 65.1 Å². The Balaban J connectivity index is 0.00000182. The monoisotopic (exact) mass is 371 g/mol. The van der Waals surface area contributed by atoms with Crippen LogP contribution in [0.5, 0.6) is 0 Å². The molecule has 0 N–H and O–H groups in total. The fourth-order valence-corrected chi connectivity index (χ4v) is 4.98. The molecule has 0 spiro atoms. The number of fused-ring (bicyclic) bond motifs is 1. The smallest absolute Gasteiger partial charge is 0.0202 e. The Kier molecular flexibility index (Phi) is 6.63. The molecule has 0 bridgehead atoms. The van der Waals surface area contributed by atoms with E-state index in [1.54, 1.807) is 5.57 Å². The highest BCUT2D eigenvalue weighted by Gasteiger charge is 2.21. The maximum absolute atomic E-state index is 2.67. The van der Waals surface area contributed by atoms with Gasteiger partial charge >= 0.3 is 0 Å². The summed E-state index contributed by atoms with van der Waals surface area (Å²) in [6.07, 6.45) is 5.32. The maximum Gasteiger partial charge on any atom is 0.0202 e. The molecule has 25 heavy (non-hydrogen) atoms. The zero-order chi connectivity index (χ0) is 16.2. The van der Waals surface area contributed by atoms with Gasteiger partial charge in [0.15, 0.2) is 0 Å². The third-order valence-electron chi connectivity index (χ3n) is 5.10. The maximum atomic E-state index is 2.67. The molecule has 132 valence electrons. The van der Waals surface area contributed by atoms with E-state index < -0.39 is 0 Å². The second-order valence-corrected chi connectivity index (χ2v) is 7.91. The van der Waals surface area contributed by atoms with Crippen LogP contribution in [0, 0.1) is 0 Å². The minimum Gasteiger partial charge on any atom is -0.299 e. The lowest BCUT2D eigenvalue weighted by atomic mass is 9.91. The quantitative estimate of drug-likeness (QED) is 0.661. The van der Waals surface area contributed by atoms with Crippen LogP contribution in [0.2, 0.25) is 0 Å². The fourth-order valence-electron chi connectivity index (χ4n) is 3.91. The normalized spacial score (nSPS) is 18.2. The lowest BCUT2D eigenvalue weighted by Crippen LogP contribution is -2.31. The summed E-state index contributed by atoms with van der Waals surface area (Å²) in [5.41, 5.74) is 5.92. The molecule has 2 aromatic carbocycles. The molecule has 0 unspecified atom stereocenters. The predicted octanol–water partition coefficient (Wildman–Crippen LogP) is 5.89. The topological polar surface area (TPSA) is 3.24 Å². The molecule has 0 aromatic heterocycles. The molecule has 4 rings (SSSR count). The van der Waals surface area contributed by atoms with Crippen LogP contribution in [0.25, 0.3) is 5.57 Å². The van der Waals surface area contributed by atoms with Crippen LogP contribution >= 0.6 is 24.2 Å². The second-order valence-electron chi connectivity index (χ2n) is 6.78. The lowest BCUT2D eigenvalue weighted by Gasteiger charge is -2.28. The van der Waals surface area contributed by atoms with Crippen LogP contribution in [0.1, 0.15) is 36.8 Å². The molecule has 1 nitrogen and oxygen atoms in total. The molecule has 1 fully saturated rings. The van der Waals surface area contributed by atoms with Crippen LogP contribution < -0.4 is 0 Å². The average Bonchev–Trinajstić information content (AvgIpc) is 2.82. The SMILES string of the molecule is Cl.c1ccc(C2=C(CN3CCCCC3)CCSc3ccccc32)cc1. The molecule has 1 saturated heterocycles. The van der Waals surface area contributed by atoms with Crippen LogP contribution in [-0.2, 0) is 0 Å². The highest BCUT2D eigenvalue weighted by molar-refractivity contribution is 7.99. The Hall–Kier alpha value is -1.22. The van der Waals surface area contributed by atoms with E-state index in [1.807, 2.05) is 11.8 Å². The van der Waals surface area contributed by atoms with Crippen LogP contribution in [0.3, 0.4) is 0 Å². The van der Waals surface area contributed by atoms with Gasteiger partial charge in [-0.05, 0) is 60.7 Å². The number of piperidine rings is 1. The molecule has 0 saturated carbocycles. The highest BCUT2D eigenvalue weighted by atomic mass is 35.5. The van der Waals surface area contributed by atoms with E-state index in [9.17, 15) is 0 Å². The van der Waals surface area contributed by atoms with Crippen LogP contribution in [-0.4, -0.2) is 30.3 Å². The van der Waals surface area contributed by atoms with Crippen molar-refractivity contribution in [3.8, 4) is 0 Å². The number of likely N-dealkylation sites (tertiary alicyclic amines) is 1. The second kappa shape index (κ2) is 8.93. The Morgan fingerprint density at radius 1 is 0.840 bits per heavy atom. The summed E-state index contributed by atoms with van der Waals surface area (Å²) in [5.74, 6) is 1.19. The molecule has 0 radical (unpaired) electrons. The summed E-state index contributed by atoms with van der Waals surface area (Å²) in [7, 11) is 0. The van der Waals surface area contributed by atoms with Gasteiger partial charge in [0.2, 0.25) is 0 Å². The standard InChI is InChI=1S/C22H25NS.ClH/c1-3-9-18(10-4-1)22-19(17-23-14-7-2-8-15-23)13-16-24-21-12-6-5-11-20(21)22;/h1,3-6,9-12H,2,7-8,13-17H2;1H. The van der Waals surface area contributed by atoms with Crippen LogP contribution in [0.4, 0.5) is 0 Å². The van der Waals surface area contributed by atoms with Crippen molar-refractivity contribution >= 4 is 29.7 Å². The molecular weight excluding hydrogens is 346 g/mol. The molecule has 3 heteroatoms. The van der Waals surface area contributed by atoms with Crippen molar-refractivity contribution in [1.82, 2.24) is 4.90 Å². The minimum absolute atomic E-state index is 0. The van der Waals surface area contributed by atoms with Gasteiger partial charge in [0.1, 0.15) is 0 Å². The lowest BCUT2D eigenvalue weighted by molar-refractivity contribution is 0.245.